The van der Waals surface area contributed by atoms with Crippen molar-refractivity contribution in [3.8, 4) is 0 Å². The minimum atomic E-state index is -3.67. The van der Waals surface area contributed by atoms with Gasteiger partial charge in [0, 0.05) is 6.54 Å². The number of sulfonamides is 1. The van der Waals surface area contributed by atoms with Crippen LogP contribution in [-0.4, -0.2) is 31.5 Å². The van der Waals surface area contributed by atoms with E-state index in [-0.39, 0.29) is 0 Å². The second-order valence-corrected chi connectivity index (χ2v) is 8.56. The first kappa shape index (κ1) is 17.2. The van der Waals surface area contributed by atoms with Gasteiger partial charge < -0.3 is 4.74 Å². The molecule has 0 saturated heterocycles. The molecule has 2 aromatic carbocycles. The van der Waals surface area contributed by atoms with Gasteiger partial charge in [0.2, 0.25) is 10.0 Å². The maximum Gasteiger partial charge on any atom is 0.244 e. The van der Waals surface area contributed by atoms with Crippen molar-refractivity contribution in [2.75, 3.05) is 13.2 Å². The van der Waals surface area contributed by atoms with Crippen LogP contribution in [0.15, 0.2) is 83.8 Å². The highest BCUT2D eigenvalue weighted by Crippen LogP contribution is 2.44. The lowest BCUT2D eigenvalue weighted by molar-refractivity contribution is 0.00503. The predicted octanol–water partition coefficient (Wildman–Crippen LogP) is 3.62. The van der Waals surface area contributed by atoms with Crippen LogP contribution in [-0.2, 0) is 14.8 Å². The fraction of sp³-hybridized carbons (Fsp3) is 0.238. The summed E-state index contributed by atoms with van der Waals surface area (Å²) in [6.07, 6.45) is 7.77. The third-order valence-corrected chi connectivity index (χ3v) is 6.78. The summed E-state index contributed by atoms with van der Waals surface area (Å²) < 4.78 is 34.4. The van der Waals surface area contributed by atoms with Crippen LogP contribution in [0, 0.1) is 6.92 Å². The number of hydrogen-bond acceptors (Lipinski definition) is 3. The zero-order valence-corrected chi connectivity index (χ0v) is 15.4. The van der Waals surface area contributed by atoms with Crippen LogP contribution in [0.2, 0.25) is 0 Å². The average Bonchev–Trinajstić information content (AvgIpc) is 3.11. The number of aryl methyl sites for hydroxylation is 1. The molecule has 0 fully saturated rings. The van der Waals surface area contributed by atoms with Gasteiger partial charge in [0.1, 0.15) is 5.60 Å². The molecule has 2 atom stereocenters. The van der Waals surface area contributed by atoms with Crippen molar-refractivity contribution in [1.82, 2.24) is 4.31 Å². The van der Waals surface area contributed by atoms with E-state index in [4.69, 9.17) is 4.74 Å². The highest BCUT2D eigenvalue weighted by molar-refractivity contribution is 7.89. The van der Waals surface area contributed by atoms with E-state index in [0.29, 0.717) is 18.0 Å². The average molecular weight is 367 g/mol. The number of benzene rings is 2. The van der Waals surface area contributed by atoms with E-state index in [1.165, 1.54) is 0 Å². The lowest BCUT2D eigenvalue weighted by atomic mass is 9.86. The Bertz CT molecular complexity index is 949. The highest BCUT2D eigenvalue weighted by Gasteiger charge is 2.48. The molecule has 2 heterocycles. The Morgan fingerprint density at radius 2 is 1.69 bits per heavy atom. The van der Waals surface area contributed by atoms with E-state index in [1.807, 2.05) is 73.7 Å². The maximum atomic E-state index is 13.4. The Kier molecular flexibility index (Phi) is 4.31. The molecule has 0 radical (unpaired) electrons. The number of hydrogen-bond donors (Lipinski definition) is 0. The molecule has 2 aliphatic heterocycles. The molecule has 0 aliphatic carbocycles. The Balaban J connectivity index is 1.85. The Hall–Kier alpha value is -2.21. The molecule has 4 nitrogen and oxygen atoms in total. The zero-order valence-electron chi connectivity index (χ0n) is 14.6. The molecular formula is C21H21NO3S. The summed E-state index contributed by atoms with van der Waals surface area (Å²) in [5.41, 5.74) is 1.18. The first-order chi connectivity index (χ1) is 12.5. The minimum Gasteiger partial charge on any atom is -0.361 e. The fourth-order valence-electron chi connectivity index (χ4n) is 3.65. The van der Waals surface area contributed by atoms with Gasteiger partial charge in [-0.1, -0.05) is 60.2 Å². The van der Waals surface area contributed by atoms with Crippen LogP contribution in [0.4, 0.5) is 0 Å². The number of nitrogens with zero attached hydrogens (tertiary/aromatic N) is 1. The van der Waals surface area contributed by atoms with Crippen molar-refractivity contribution in [3.05, 3.63) is 90.0 Å². The van der Waals surface area contributed by atoms with Gasteiger partial charge in [0.25, 0.3) is 0 Å². The summed E-state index contributed by atoms with van der Waals surface area (Å²) in [5, 5.41) is 0. The van der Waals surface area contributed by atoms with Gasteiger partial charge in [-0.2, -0.15) is 4.31 Å². The number of ether oxygens (including phenoxy) is 1. The molecule has 26 heavy (non-hydrogen) atoms. The van der Waals surface area contributed by atoms with Gasteiger partial charge in [0.15, 0.2) is 0 Å². The summed E-state index contributed by atoms with van der Waals surface area (Å²) in [7, 11) is -3.67. The third kappa shape index (κ3) is 2.82. The largest absolute Gasteiger partial charge is 0.361 e. The van der Waals surface area contributed by atoms with Gasteiger partial charge in [-0.25, -0.2) is 8.42 Å². The maximum absolute atomic E-state index is 13.4. The first-order valence-corrected chi connectivity index (χ1v) is 10.1. The second kappa shape index (κ2) is 6.50. The molecule has 0 N–H and O–H groups in total. The van der Waals surface area contributed by atoms with Gasteiger partial charge in [0.05, 0.1) is 17.5 Å². The van der Waals surface area contributed by atoms with E-state index in [2.05, 4.69) is 0 Å². The van der Waals surface area contributed by atoms with Crippen LogP contribution < -0.4 is 0 Å². The van der Waals surface area contributed by atoms with Crippen molar-refractivity contribution in [1.29, 1.82) is 0 Å². The van der Waals surface area contributed by atoms with Crippen molar-refractivity contribution in [3.63, 3.8) is 0 Å². The molecule has 134 valence electrons. The molecule has 2 aromatic rings. The van der Waals surface area contributed by atoms with Crippen LogP contribution in [0.3, 0.4) is 0 Å². The Morgan fingerprint density at radius 3 is 2.35 bits per heavy atom. The highest BCUT2D eigenvalue weighted by atomic mass is 32.2. The van der Waals surface area contributed by atoms with Crippen LogP contribution in [0.25, 0.3) is 0 Å². The Labute approximate surface area is 154 Å². The van der Waals surface area contributed by atoms with E-state index in [0.717, 1.165) is 11.1 Å². The van der Waals surface area contributed by atoms with E-state index >= 15 is 0 Å². The monoisotopic (exact) mass is 367 g/mol. The van der Waals surface area contributed by atoms with Crippen LogP contribution >= 0.6 is 0 Å². The molecule has 5 heteroatoms. The standard InChI is InChI=1S/C21H21NO3S/c1-17-9-11-19(12-10-17)26(23,24)22-15-5-13-21(14-6-16-25-21)20(22)18-7-3-2-4-8-18/h2-14,20H,15-16H2,1H3/t20-,21-/m0/s1. The molecule has 0 bridgehead atoms. The predicted molar refractivity (Wildman–Crippen MR) is 101 cm³/mol. The van der Waals surface area contributed by atoms with Crippen molar-refractivity contribution >= 4 is 10.0 Å². The normalized spacial score (nSPS) is 25.8. The SMILES string of the molecule is Cc1ccc(S(=O)(=O)N2CC=C[C@]3(C=CCO3)[C@@H]2c2ccccc2)cc1. The summed E-state index contributed by atoms with van der Waals surface area (Å²) in [6.45, 7) is 2.74. The summed E-state index contributed by atoms with van der Waals surface area (Å²) in [6, 6.07) is 16.2. The summed E-state index contributed by atoms with van der Waals surface area (Å²) in [4.78, 5) is 0.302. The lowest BCUT2D eigenvalue weighted by Gasteiger charge is -2.43. The molecular weight excluding hydrogens is 346 g/mol. The van der Waals surface area contributed by atoms with Crippen molar-refractivity contribution in [2.24, 2.45) is 0 Å². The van der Waals surface area contributed by atoms with E-state index < -0.39 is 21.7 Å². The van der Waals surface area contributed by atoms with Crippen molar-refractivity contribution in [2.45, 2.75) is 23.5 Å². The molecule has 1 spiro atoms. The first-order valence-electron chi connectivity index (χ1n) is 8.66. The second-order valence-electron chi connectivity index (χ2n) is 6.67. The quantitative estimate of drug-likeness (QED) is 0.779. The smallest absolute Gasteiger partial charge is 0.244 e. The molecule has 4 rings (SSSR count). The van der Waals surface area contributed by atoms with Crippen LogP contribution in [0.5, 0.6) is 0 Å². The van der Waals surface area contributed by atoms with Gasteiger partial charge in [-0.05, 0) is 36.8 Å². The molecule has 2 aliphatic rings. The van der Waals surface area contributed by atoms with Crippen molar-refractivity contribution < 1.29 is 13.2 Å². The number of rotatable bonds is 3. The molecule has 0 amide bonds. The fourth-order valence-corrected chi connectivity index (χ4v) is 5.25. The van der Waals surface area contributed by atoms with E-state index in [9.17, 15) is 8.42 Å². The topological polar surface area (TPSA) is 46.6 Å². The third-order valence-electron chi connectivity index (χ3n) is 4.93. The van der Waals surface area contributed by atoms with Gasteiger partial charge >= 0.3 is 0 Å². The minimum absolute atomic E-state index is 0.302. The lowest BCUT2D eigenvalue weighted by Crippen LogP contribution is -2.49. The van der Waals surface area contributed by atoms with E-state index in [1.54, 1.807) is 16.4 Å². The molecule has 0 saturated carbocycles. The summed E-state index contributed by atoms with van der Waals surface area (Å²) >= 11 is 0. The van der Waals surface area contributed by atoms with Crippen LogP contribution in [0.1, 0.15) is 17.2 Å². The molecule has 0 aromatic heterocycles. The molecule has 0 unspecified atom stereocenters. The summed E-state index contributed by atoms with van der Waals surface area (Å²) in [5.74, 6) is 0. The zero-order chi connectivity index (χ0) is 18.2. The Morgan fingerprint density at radius 1 is 1.00 bits per heavy atom. The van der Waals surface area contributed by atoms with Gasteiger partial charge in [-0.15, -0.1) is 0 Å². The van der Waals surface area contributed by atoms with Gasteiger partial charge in [-0.3, -0.25) is 0 Å².